The van der Waals surface area contributed by atoms with Crippen molar-refractivity contribution in [1.29, 1.82) is 0 Å². The molecule has 0 amide bonds. The topological polar surface area (TPSA) is 78.4 Å². The standard InChI is InChI=1S/C10H11ClN2O3/c1-7(11)6-16-10-3-2-8(5-12)4-9(10)13(14)15/h2-4H,1,5-6,12H2. The van der Waals surface area contributed by atoms with Crippen LogP contribution in [0.1, 0.15) is 5.56 Å². The first-order valence-electron chi connectivity index (χ1n) is 4.48. The van der Waals surface area contributed by atoms with E-state index in [4.69, 9.17) is 22.1 Å². The van der Waals surface area contributed by atoms with Crippen molar-refractivity contribution in [3.8, 4) is 5.75 Å². The molecule has 0 spiro atoms. The van der Waals surface area contributed by atoms with E-state index in [-0.39, 0.29) is 29.6 Å². The summed E-state index contributed by atoms with van der Waals surface area (Å²) >= 11 is 5.51. The van der Waals surface area contributed by atoms with Crippen molar-refractivity contribution in [2.45, 2.75) is 6.54 Å². The fraction of sp³-hybridized carbons (Fsp3) is 0.200. The third kappa shape index (κ3) is 3.22. The van der Waals surface area contributed by atoms with Crippen LogP contribution in [-0.2, 0) is 6.54 Å². The Kier molecular flexibility index (Phi) is 4.28. The summed E-state index contributed by atoms with van der Waals surface area (Å²) in [6.07, 6.45) is 0. The van der Waals surface area contributed by atoms with Gasteiger partial charge in [0, 0.05) is 17.6 Å². The van der Waals surface area contributed by atoms with E-state index in [2.05, 4.69) is 6.58 Å². The number of halogens is 1. The summed E-state index contributed by atoms with van der Waals surface area (Å²) in [6.45, 7) is 3.70. The van der Waals surface area contributed by atoms with Crippen LogP contribution >= 0.6 is 11.6 Å². The summed E-state index contributed by atoms with van der Waals surface area (Å²) in [5.74, 6) is 0.156. The number of hydrogen-bond acceptors (Lipinski definition) is 4. The van der Waals surface area contributed by atoms with Crippen LogP contribution in [0, 0.1) is 10.1 Å². The van der Waals surface area contributed by atoms with Crippen molar-refractivity contribution in [2.75, 3.05) is 6.61 Å². The molecule has 1 aromatic carbocycles. The number of nitrogens with zero attached hydrogens (tertiary/aromatic N) is 1. The molecule has 0 radical (unpaired) electrons. The molecule has 0 bridgehead atoms. The highest BCUT2D eigenvalue weighted by Gasteiger charge is 2.15. The minimum atomic E-state index is -0.522. The third-order valence-corrected chi connectivity index (χ3v) is 1.95. The Morgan fingerprint density at radius 1 is 1.62 bits per heavy atom. The lowest BCUT2D eigenvalue weighted by Crippen LogP contribution is -2.02. The van der Waals surface area contributed by atoms with E-state index in [0.29, 0.717) is 5.56 Å². The molecule has 6 heteroatoms. The fourth-order valence-corrected chi connectivity index (χ4v) is 1.17. The molecule has 0 atom stereocenters. The van der Waals surface area contributed by atoms with E-state index in [1.54, 1.807) is 6.07 Å². The molecule has 0 aromatic heterocycles. The van der Waals surface area contributed by atoms with Gasteiger partial charge in [-0.25, -0.2) is 0 Å². The predicted molar refractivity (Wildman–Crippen MR) is 61.5 cm³/mol. The van der Waals surface area contributed by atoms with E-state index in [9.17, 15) is 10.1 Å². The number of nitro groups is 1. The highest BCUT2D eigenvalue weighted by Crippen LogP contribution is 2.28. The maximum Gasteiger partial charge on any atom is 0.311 e. The largest absolute Gasteiger partial charge is 0.481 e. The van der Waals surface area contributed by atoms with Gasteiger partial charge in [0.1, 0.15) is 6.61 Å². The van der Waals surface area contributed by atoms with Gasteiger partial charge in [0.25, 0.3) is 0 Å². The van der Waals surface area contributed by atoms with Crippen molar-refractivity contribution in [2.24, 2.45) is 5.73 Å². The zero-order valence-corrected chi connectivity index (χ0v) is 9.24. The van der Waals surface area contributed by atoms with Gasteiger partial charge in [-0.15, -0.1) is 0 Å². The lowest BCUT2D eigenvalue weighted by atomic mass is 10.2. The molecule has 0 heterocycles. The summed E-state index contributed by atoms with van der Waals surface area (Å²) in [7, 11) is 0. The Labute approximate surface area is 97.6 Å². The lowest BCUT2D eigenvalue weighted by molar-refractivity contribution is -0.385. The summed E-state index contributed by atoms with van der Waals surface area (Å²) in [6, 6.07) is 4.55. The SMILES string of the molecule is C=C(Cl)COc1ccc(CN)cc1[N+](=O)[O-]. The van der Waals surface area contributed by atoms with Crippen LogP contribution in [0.3, 0.4) is 0 Å². The highest BCUT2D eigenvalue weighted by atomic mass is 35.5. The molecule has 1 aromatic rings. The first kappa shape index (κ1) is 12.5. The second-order valence-corrected chi connectivity index (χ2v) is 3.60. The van der Waals surface area contributed by atoms with Crippen molar-refractivity contribution < 1.29 is 9.66 Å². The first-order chi connectivity index (χ1) is 7.54. The number of ether oxygens (including phenoxy) is 1. The van der Waals surface area contributed by atoms with Crippen LogP contribution in [0.2, 0.25) is 0 Å². The zero-order chi connectivity index (χ0) is 12.1. The molecule has 0 aliphatic heterocycles. The van der Waals surface area contributed by atoms with Gasteiger partial charge < -0.3 is 10.5 Å². The van der Waals surface area contributed by atoms with E-state index in [1.807, 2.05) is 0 Å². The van der Waals surface area contributed by atoms with Crippen LogP contribution < -0.4 is 10.5 Å². The number of hydrogen-bond donors (Lipinski definition) is 1. The monoisotopic (exact) mass is 242 g/mol. The van der Waals surface area contributed by atoms with Crippen molar-refractivity contribution in [3.05, 3.63) is 45.5 Å². The van der Waals surface area contributed by atoms with Crippen molar-refractivity contribution in [1.82, 2.24) is 0 Å². The van der Waals surface area contributed by atoms with Gasteiger partial charge in [0.05, 0.1) is 4.92 Å². The second kappa shape index (κ2) is 5.48. The normalized spacial score (nSPS) is 9.88. The Hall–Kier alpha value is -1.59. The molecular formula is C10H11ClN2O3. The summed E-state index contributed by atoms with van der Waals surface area (Å²) < 4.78 is 5.15. The second-order valence-electron chi connectivity index (χ2n) is 3.07. The van der Waals surface area contributed by atoms with Crippen molar-refractivity contribution >= 4 is 17.3 Å². The van der Waals surface area contributed by atoms with E-state index in [1.165, 1.54) is 12.1 Å². The van der Waals surface area contributed by atoms with Gasteiger partial charge in [0.15, 0.2) is 5.75 Å². The van der Waals surface area contributed by atoms with Crippen LogP contribution in [0.15, 0.2) is 29.8 Å². The third-order valence-electron chi connectivity index (χ3n) is 1.84. The van der Waals surface area contributed by atoms with E-state index in [0.717, 1.165) is 0 Å². The molecular weight excluding hydrogens is 232 g/mol. The van der Waals surface area contributed by atoms with Crippen LogP contribution in [-0.4, -0.2) is 11.5 Å². The van der Waals surface area contributed by atoms with Gasteiger partial charge in [0.2, 0.25) is 0 Å². The molecule has 0 aliphatic carbocycles. The lowest BCUT2D eigenvalue weighted by Gasteiger charge is -2.06. The summed E-state index contributed by atoms with van der Waals surface area (Å²) in [4.78, 5) is 10.2. The molecule has 0 saturated heterocycles. The van der Waals surface area contributed by atoms with Crippen LogP contribution in [0.4, 0.5) is 5.69 Å². The molecule has 16 heavy (non-hydrogen) atoms. The molecule has 0 fully saturated rings. The van der Waals surface area contributed by atoms with Crippen LogP contribution in [0.5, 0.6) is 5.75 Å². The minimum absolute atomic E-state index is 0.0321. The Morgan fingerprint density at radius 2 is 2.31 bits per heavy atom. The summed E-state index contributed by atoms with van der Waals surface area (Å²) in [5, 5.41) is 11.0. The Morgan fingerprint density at radius 3 is 2.81 bits per heavy atom. The Bertz CT molecular complexity index is 421. The Balaban J connectivity index is 2.98. The van der Waals surface area contributed by atoms with Gasteiger partial charge in [-0.3, -0.25) is 10.1 Å². The number of nitro benzene ring substituents is 1. The van der Waals surface area contributed by atoms with Crippen LogP contribution in [0.25, 0.3) is 0 Å². The molecule has 2 N–H and O–H groups in total. The zero-order valence-electron chi connectivity index (χ0n) is 8.48. The van der Waals surface area contributed by atoms with Crippen molar-refractivity contribution in [3.63, 3.8) is 0 Å². The van der Waals surface area contributed by atoms with E-state index < -0.39 is 4.92 Å². The molecule has 5 nitrogen and oxygen atoms in total. The number of nitrogens with two attached hydrogens (primary N) is 1. The average molecular weight is 243 g/mol. The molecule has 0 saturated carbocycles. The van der Waals surface area contributed by atoms with Gasteiger partial charge in [-0.2, -0.15) is 0 Å². The number of benzene rings is 1. The predicted octanol–water partition coefficient (Wildman–Crippen LogP) is 2.18. The molecule has 86 valence electrons. The average Bonchev–Trinajstić information content (AvgIpc) is 2.25. The van der Waals surface area contributed by atoms with Gasteiger partial charge in [-0.1, -0.05) is 24.2 Å². The number of rotatable bonds is 5. The smallest absolute Gasteiger partial charge is 0.311 e. The summed E-state index contributed by atoms with van der Waals surface area (Å²) in [5.41, 5.74) is 5.94. The fourth-order valence-electron chi connectivity index (χ4n) is 1.11. The highest BCUT2D eigenvalue weighted by molar-refractivity contribution is 6.29. The van der Waals surface area contributed by atoms with E-state index >= 15 is 0 Å². The maximum absolute atomic E-state index is 10.8. The quantitative estimate of drug-likeness (QED) is 0.634. The molecule has 0 aliphatic rings. The molecule has 0 unspecified atom stereocenters. The maximum atomic E-state index is 10.8. The first-order valence-corrected chi connectivity index (χ1v) is 4.86. The van der Waals surface area contributed by atoms with Gasteiger partial charge in [-0.05, 0) is 11.6 Å². The minimum Gasteiger partial charge on any atom is -0.481 e. The molecule has 1 rings (SSSR count). The van der Waals surface area contributed by atoms with Gasteiger partial charge >= 0.3 is 5.69 Å².